The van der Waals surface area contributed by atoms with Crippen LogP contribution < -0.4 is 5.32 Å². The van der Waals surface area contributed by atoms with Crippen molar-refractivity contribution in [3.8, 4) is 6.07 Å². The maximum absolute atomic E-state index is 12.1. The molecule has 1 aromatic heterocycles. The smallest absolute Gasteiger partial charge is 0.187 e. The summed E-state index contributed by atoms with van der Waals surface area (Å²) >= 11 is 7.44. The molecule has 0 bridgehead atoms. The number of aryl methyl sites for hydroxylation is 1. The Morgan fingerprint density at radius 2 is 2.00 bits per heavy atom. The minimum absolute atomic E-state index is 0.103. The molecular weight excluding hydrogens is 328 g/mol. The van der Waals surface area contributed by atoms with E-state index in [-0.39, 0.29) is 5.78 Å². The standard InChI is InChI=1S/C18H15ClN2OS/c19-13-7-5-12(6-8-13)16(22)9-10-21-18-15(11-20)14-3-1-2-4-17(14)23-18/h5-10,21H,1-4H2/b10-9-. The Kier molecular flexibility index (Phi) is 4.80. The Bertz CT molecular complexity index is 800. The van der Waals surface area contributed by atoms with Gasteiger partial charge in [-0.25, -0.2) is 0 Å². The molecule has 0 fully saturated rings. The normalized spacial score (nSPS) is 13.6. The molecule has 1 aliphatic rings. The van der Waals surface area contributed by atoms with Crippen LogP contribution in [0.4, 0.5) is 5.00 Å². The Morgan fingerprint density at radius 3 is 2.74 bits per heavy atom. The minimum Gasteiger partial charge on any atom is -0.352 e. The number of fused-ring (bicyclic) bond motifs is 1. The number of ketones is 1. The zero-order chi connectivity index (χ0) is 16.2. The minimum atomic E-state index is -0.103. The number of halogens is 1. The molecule has 0 spiro atoms. The van der Waals surface area contributed by atoms with E-state index >= 15 is 0 Å². The van der Waals surface area contributed by atoms with Crippen LogP contribution in [-0.4, -0.2) is 5.78 Å². The van der Waals surface area contributed by atoms with E-state index in [0.29, 0.717) is 10.6 Å². The number of rotatable bonds is 4. The van der Waals surface area contributed by atoms with Crippen molar-refractivity contribution in [2.75, 3.05) is 5.32 Å². The van der Waals surface area contributed by atoms with Gasteiger partial charge in [0, 0.05) is 27.7 Å². The highest BCUT2D eigenvalue weighted by Gasteiger charge is 2.20. The molecule has 0 saturated heterocycles. The molecule has 0 aliphatic heterocycles. The second kappa shape index (κ2) is 6.99. The maximum atomic E-state index is 12.1. The Labute approximate surface area is 144 Å². The third-order valence-electron chi connectivity index (χ3n) is 3.86. The summed E-state index contributed by atoms with van der Waals surface area (Å²) in [6.45, 7) is 0. The monoisotopic (exact) mass is 342 g/mol. The van der Waals surface area contributed by atoms with Crippen molar-refractivity contribution in [2.45, 2.75) is 25.7 Å². The average Bonchev–Trinajstić information content (AvgIpc) is 2.92. The van der Waals surface area contributed by atoms with Crippen molar-refractivity contribution < 1.29 is 4.79 Å². The van der Waals surface area contributed by atoms with Crippen molar-refractivity contribution in [2.24, 2.45) is 0 Å². The van der Waals surface area contributed by atoms with Crippen molar-refractivity contribution >= 4 is 33.7 Å². The number of hydrogen-bond acceptors (Lipinski definition) is 4. The fourth-order valence-electron chi connectivity index (χ4n) is 2.69. The quantitative estimate of drug-likeness (QED) is 0.631. The molecule has 0 saturated carbocycles. The van der Waals surface area contributed by atoms with E-state index < -0.39 is 0 Å². The van der Waals surface area contributed by atoms with Crippen molar-refractivity contribution in [1.82, 2.24) is 0 Å². The third-order valence-corrected chi connectivity index (χ3v) is 5.34. The molecule has 0 radical (unpaired) electrons. The lowest BCUT2D eigenvalue weighted by atomic mass is 9.96. The van der Waals surface area contributed by atoms with Gasteiger partial charge in [0.25, 0.3) is 0 Å². The number of nitriles is 1. The number of anilines is 1. The van der Waals surface area contributed by atoms with Gasteiger partial charge in [-0.15, -0.1) is 11.3 Å². The average molecular weight is 343 g/mol. The maximum Gasteiger partial charge on any atom is 0.187 e. The summed E-state index contributed by atoms with van der Waals surface area (Å²) in [7, 11) is 0. The highest BCUT2D eigenvalue weighted by atomic mass is 35.5. The molecule has 116 valence electrons. The van der Waals surface area contributed by atoms with Gasteiger partial charge >= 0.3 is 0 Å². The number of nitrogens with one attached hydrogen (secondary N) is 1. The van der Waals surface area contributed by atoms with E-state index in [9.17, 15) is 10.1 Å². The molecule has 1 N–H and O–H groups in total. The first kappa shape index (κ1) is 15.8. The lowest BCUT2D eigenvalue weighted by Crippen LogP contribution is -2.00. The number of thiophene rings is 1. The van der Waals surface area contributed by atoms with Gasteiger partial charge in [0.15, 0.2) is 5.78 Å². The molecule has 23 heavy (non-hydrogen) atoms. The first-order valence-electron chi connectivity index (χ1n) is 7.46. The Morgan fingerprint density at radius 1 is 1.26 bits per heavy atom. The summed E-state index contributed by atoms with van der Waals surface area (Å²) in [5, 5.41) is 13.9. The molecule has 3 nitrogen and oxygen atoms in total. The Balaban J connectivity index is 1.73. The summed E-state index contributed by atoms with van der Waals surface area (Å²) < 4.78 is 0. The number of hydrogen-bond donors (Lipinski definition) is 1. The highest BCUT2D eigenvalue weighted by molar-refractivity contribution is 7.16. The predicted octanol–water partition coefficient (Wildman–Crippen LogP) is 4.96. The predicted molar refractivity (Wildman–Crippen MR) is 94.2 cm³/mol. The first-order chi connectivity index (χ1) is 11.2. The van der Waals surface area contributed by atoms with Crippen LogP contribution in [0.25, 0.3) is 0 Å². The molecule has 0 atom stereocenters. The summed E-state index contributed by atoms with van der Waals surface area (Å²) in [5.74, 6) is -0.103. The van der Waals surface area contributed by atoms with Gasteiger partial charge in [-0.05, 0) is 55.5 Å². The van der Waals surface area contributed by atoms with E-state index in [1.165, 1.54) is 22.9 Å². The molecule has 2 aromatic rings. The van der Waals surface area contributed by atoms with Crippen LogP contribution >= 0.6 is 22.9 Å². The molecular formula is C18H15ClN2OS. The molecule has 5 heteroatoms. The van der Waals surface area contributed by atoms with Crippen LogP contribution in [0.5, 0.6) is 0 Å². The second-order valence-electron chi connectivity index (χ2n) is 5.38. The van der Waals surface area contributed by atoms with Gasteiger partial charge in [0.1, 0.15) is 11.1 Å². The molecule has 1 aliphatic carbocycles. The number of benzene rings is 1. The number of carbonyl (C=O) groups is 1. The van der Waals surface area contributed by atoms with Crippen LogP contribution in [0, 0.1) is 11.3 Å². The van der Waals surface area contributed by atoms with E-state index in [4.69, 9.17) is 11.6 Å². The van der Waals surface area contributed by atoms with Gasteiger partial charge < -0.3 is 5.32 Å². The molecule has 0 amide bonds. The largest absolute Gasteiger partial charge is 0.352 e. The zero-order valence-corrected chi connectivity index (χ0v) is 14.0. The van der Waals surface area contributed by atoms with E-state index in [2.05, 4.69) is 11.4 Å². The van der Waals surface area contributed by atoms with Crippen LogP contribution in [-0.2, 0) is 12.8 Å². The van der Waals surface area contributed by atoms with Gasteiger partial charge in [0.2, 0.25) is 0 Å². The van der Waals surface area contributed by atoms with E-state index in [1.54, 1.807) is 41.8 Å². The highest BCUT2D eigenvalue weighted by Crippen LogP contribution is 2.37. The van der Waals surface area contributed by atoms with Crippen molar-refractivity contribution in [1.29, 1.82) is 5.26 Å². The third kappa shape index (κ3) is 3.47. The Hall–Kier alpha value is -2.09. The van der Waals surface area contributed by atoms with E-state index in [0.717, 1.165) is 29.8 Å². The van der Waals surface area contributed by atoms with Crippen LogP contribution in [0.1, 0.15) is 39.2 Å². The summed E-state index contributed by atoms with van der Waals surface area (Å²) in [4.78, 5) is 13.4. The van der Waals surface area contributed by atoms with E-state index in [1.807, 2.05) is 0 Å². The van der Waals surface area contributed by atoms with Gasteiger partial charge in [-0.1, -0.05) is 11.6 Å². The number of carbonyl (C=O) groups excluding carboxylic acids is 1. The van der Waals surface area contributed by atoms with Crippen LogP contribution in [0.2, 0.25) is 5.02 Å². The lowest BCUT2D eigenvalue weighted by Gasteiger charge is -2.09. The summed E-state index contributed by atoms with van der Waals surface area (Å²) in [6.07, 6.45) is 7.43. The molecule has 1 aromatic carbocycles. The summed E-state index contributed by atoms with van der Waals surface area (Å²) in [6, 6.07) is 9.07. The molecule has 3 rings (SSSR count). The SMILES string of the molecule is N#Cc1c(N/C=C\C(=O)c2ccc(Cl)cc2)sc2c1CCCC2. The van der Waals surface area contributed by atoms with Gasteiger partial charge in [0.05, 0.1) is 5.56 Å². The van der Waals surface area contributed by atoms with Gasteiger partial charge in [-0.2, -0.15) is 5.26 Å². The zero-order valence-electron chi connectivity index (χ0n) is 12.4. The van der Waals surface area contributed by atoms with Crippen molar-refractivity contribution in [3.05, 3.63) is 63.1 Å². The van der Waals surface area contributed by atoms with Crippen LogP contribution in [0.3, 0.4) is 0 Å². The molecule has 0 unspecified atom stereocenters. The fourth-order valence-corrected chi connectivity index (χ4v) is 4.03. The topological polar surface area (TPSA) is 52.9 Å². The fraction of sp³-hybridized carbons (Fsp3) is 0.222. The number of nitrogens with zero attached hydrogens (tertiary/aromatic N) is 1. The molecule has 1 heterocycles. The van der Waals surface area contributed by atoms with Crippen molar-refractivity contribution in [3.63, 3.8) is 0 Å². The first-order valence-corrected chi connectivity index (χ1v) is 8.66. The lowest BCUT2D eigenvalue weighted by molar-refractivity contribution is 0.104. The van der Waals surface area contributed by atoms with Crippen LogP contribution in [0.15, 0.2) is 36.5 Å². The van der Waals surface area contributed by atoms with Gasteiger partial charge in [-0.3, -0.25) is 4.79 Å². The summed E-state index contributed by atoms with van der Waals surface area (Å²) in [5.41, 5.74) is 2.50. The number of allylic oxidation sites excluding steroid dienone is 1. The second-order valence-corrected chi connectivity index (χ2v) is 6.92.